The first-order valence-corrected chi connectivity index (χ1v) is 8.60. The number of nitrogens with one attached hydrogen (secondary N) is 1. The summed E-state index contributed by atoms with van der Waals surface area (Å²) in [7, 11) is 1.83. The molecule has 0 saturated carbocycles. The number of carbonyl (C=O) groups is 1. The molecule has 0 radical (unpaired) electrons. The maximum atomic E-state index is 12.3. The predicted molar refractivity (Wildman–Crippen MR) is 95.4 cm³/mol. The number of hydrogen-bond donors (Lipinski definition) is 1. The Morgan fingerprint density at radius 1 is 1.42 bits per heavy atom. The number of urea groups is 1. The average Bonchev–Trinajstić information content (AvgIpc) is 2.97. The quantitative estimate of drug-likeness (QED) is 0.898. The van der Waals surface area contributed by atoms with Crippen molar-refractivity contribution >= 4 is 6.03 Å². The molecule has 0 aromatic heterocycles. The minimum atomic E-state index is -0.272. The number of hydrogen-bond acceptors (Lipinski definition) is 3. The van der Waals surface area contributed by atoms with Crippen LogP contribution >= 0.6 is 0 Å². The normalized spacial score (nSPS) is 17.6. The Labute approximate surface area is 145 Å². The largest absolute Gasteiger partial charge is 0.488 e. The topological polar surface area (TPSA) is 50.8 Å². The summed E-state index contributed by atoms with van der Waals surface area (Å²) in [5.74, 6) is 1.27. The van der Waals surface area contributed by atoms with E-state index in [1.807, 2.05) is 52.9 Å². The van der Waals surface area contributed by atoms with Gasteiger partial charge in [-0.1, -0.05) is 12.1 Å². The molecule has 0 spiro atoms. The number of ether oxygens (including phenoxy) is 2. The lowest BCUT2D eigenvalue weighted by Crippen LogP contribution is -2.39. The number of carbonyl (C=O) groups excluding carboxylic acids is 1. The lowest BCUT2D eigenvalue weighted by atomic mass is 10.1. The summed E-state index contributed by atoms with van der Waals surface area (Å²) in [4.78, 5) is 14.0. The monoisotopic (exact) mass is 334 g/mol. The van der Waals surface area contributed by atoms with Crippen LogP contribution in [0.2, 0.25) is 0 Å². The first-order valence-electron chi connectivity index (χ1n) is 8.60. The molecule has 1 aromatic rings. The van der Waals surface area contributed by atoms with Gasteiger partial charge in [-0.3, -0.25) is 0 Å². The van der Waals surface area contributed by atoms with Gasteiger partial charge in [-0.25, -0.2) is 4.79 Å². The van der Waals surface area contributed by atoms with Gasteiger partial charge in [0.2, 0.25) is 0 Å². The molecule has 0 bridgehead atoms. The Morgan fingerprint density at radius 3 is 2.79 bits per heavy atom. The summed E-state index contributed by atoms with van der Waals surface area (Å²) in [5, 5.41) is 2.98. The molecule has 5 heteroatoms. The van der Waals surface area contributed by atoms with Crippen molar-refractivity contribution in [1.29, 1.82) is 0 Å². The Morgan fingerprint density at radius 2 is 2.17 bits per heavy atom. The van der Waals surface area contributed by atoms with Crippen molar-refractivity contribution in [3.8, 4) is 5.75 Å². The van der Waals surface area contributed by atoms with Crippen molar-refractivity contribution in [3.63, 3.8) is 0 Å². The number of benzene rings is 1. The number of rotatable bonds is 5. The highest BCUT2D eigenvalue weighted by Gasteiger charge is 2.20. The lowest BCUT2D eigenvalue weighted by molar-refractivity contribution is 0.129. The van der Waals surface area contributed by atoms with Gasteiger partial charge in [-0.2, -0.15) is 0 Å². The third-order valence-electron chi connectivity index (χ3n) is 3.97. The van der Waals surface area contributed by atoms with Crippen LogP contribution in [0.15, 0.2) is 18.2 Å². The molecule has 1 fully saturated rings. The Hall–Kier alpha value is -1.75. The molecule has 134 valence electrons. The summed E-state index contributed by atoms with van der Waals surface area (Å²) in [6, 6.07) is 6.01. The number of amides is 2. The molecule has 1 atom stereocenters. The molecule has 0 aliphatic carbocycles. The van der Waals surface area contributed by atoms with Gasteiger partial charge in [0.25, 0.3) is 0 Å². The van der Waals surface area contributed by atoms with Crippen LogP contribution in [0.25, 0.3) is 0 Å². The molecule has 1 saturated heterocycles. The van der Waals surface area contributed by atoms with Gasteiger partial charge in [0.1, 0.15) is 11.4 Å². The molecule has 1 heterocycles. The van der Waals surface area contributed by atoms with Crippen LogP contribution in [-0.4, -0.2) is 43.3 Å². The van der Waals surface area contributed by atoms with E-state index in [-0.39, 0.29) is 11.6 Å². The maximum Gasteiger partial charge on any atom is 0.317 e. The summed E-state index contributed by atoms with van der Waals surface area (Å²) < 4.78 is 11.4. The molecule has 1 aliphatic heterocycles. The molecule has 1 unspecified atom stereocenters. The molecule has 1 aromatic carbocycles. The predicted octanol–water partition coefficient (Wildman–Crippen LogP) is 3.35. The van der Waals surface area contributed by atoms with Gasteiger partial charge in [-0.05, 0) is 45.7 Å². The highest BCUT2D eigenvalue weighted by Crippen LogP contribution is 2.24. The van der Waals surface area contributed by atoms with Gasteiger partial charge in [0.05, 0.1) is 6.61 Å². The third kappa shape index (κ3) is 5.71. The SMILES string of the molecule is Cc1ccc(CNC(=O)N(C)CC2CCOC2)c(OC(C)(C)C)c1. The second-order valence-corrected chi connectivity index (χ2v) is 7.59. The summed E-state index contributed by atoms with van der Waals surface area (Å²) in [6.07, 6.45) is 1.03. The maximum absolute atomic E-state index is 12.3. The molecule has 1 N–H and O–H groups in total. The Bertz CT molecular complexity index is 560. The van der Waals surface area contributed by atoms with E-state index in [1.54, 1.807) is 4.90 Å². The van der Waals surface area contributed by atoms with Crippen LogP contribution in [-0.2, 0) is 11.3 Å². The fourth-order valence-corrected chi connectivity index (χ4v) is 2.74. The van der Waals surface area contributed by atoms with Gasteiger partial charge < -0.3 is 19.7 Å². The first-order chi connectivity index (χ1) is 11.2. The van der Waals surface area contributed by atoms with Crippen molar-refractivity contribution in [2.24, 2.45) is 5.92 Å². The van der Waals surface area contributed by atoms with E-state index in [2.05, 4.69) is 5.32 Å². The molecular formula is C19H30N2O3. The van der Waals surface area contributed by atoms with E-state index in [4.69, 9.17) is 9.47 Å². The Kier molecular flexibility index (Phi) is 6.10. The number of nitrogens with zero attached hydrogens (tertiary/aromatic N) is 1. The fourth-order valence-electron chi connectivity index (χ4n) is 2.74. The lowest BCUT2D eigenvalue weighted by Gasteiger charge is -2.25. The van der Waals surface area contributed by atoms with Gasteiger partial charge >= 0.3 is 6.03 Å². The minimum Gasteiger partial charge on any atom is -0.488 e. The van der Waals surface area contributed by atoms with Gasteiger partial charge in [0.15, 0.2) is 0 Å². The van der Waals surface area contributed by atoms with Crippen molar-refractivity contribution in [1.82, 2.24) is 10.2 Å². The molecule has 24 heavy (non-hydrogen) atoms. The van der Waals surface area contributed by atoms with Gasteiger partial charge in [-0.15, -0.1) is 0 Å². The third-order valence-corrected chi connectivity index (χ3v) is 3.97. The highest BCUT2D eigenvalue weighted by molar-refractivity contribution is 5.73. The zero-order valence-electron chi connectivity index (χ0n) is 15.5. The van der Waals surface area contributed by atoms with Crippen LogP contribution in [0.3, 0.4) is 0 Å². The van der Waals surface area contributed by atoms with Crippen LogP contribution in [0, 0.1) is 12.8 Å². The van der Waals surface area contributed by atoms with E-state index < -0.39 is 0 Å². The van der Waals surface area contributed by atoms with E-state index in [9.17, 15) is 4.79 Å². The first kappa shape index (κ1) is 18.6. The summed E-state index contributed by atoms with van der Waals surface area (Å²) in [6.45, 7) is 10.8. The van der Waals surface area contributed by atoms with E-state index in [1.165, 1.54) is 0 Å². The summed E-state index contributed by atoms with van der Waals surface area (Å²) >= 11 is 0. The fraction of sp³-hybridized carbons (Fsp3) is 0.632. The van der Waals surface area contributed by atoms with Crippen molar-refractivity contribution in [2.75, 3.05) is 26.8 Å². The highest BCUT2D eigenvalue weighted by atomic mass is 16.5. The van der Waals surface area contributed by atoms with Crippen molar-refractivity contribution < 1.29 is 14.3 Å². The molecule has 2 rings (SSSR count). The molecule has 5 nitrogen and oxygen atoms in total. The molecular weight excluding hydrogens is 304 g/mol. The van der Waals surface area contributed by atoms with E-state index >= 15 is 0 Å². The van der Waals surface area contributed by atoms with Crippen LogP contribution in [0.5, 0.6) is 5.75 Å². The molecule has 2 amide bonds. The zero-order valence-corrected chi connectivity index (χ0v) is 15.5. The number of aryl methyl sites for hydroxylation is 1. The Balaban J connectivity index is 1.93. The smallest absolute Gasteiger partial charge is 0.317 e. The zero-order chi connectivity index (χ0) is 17.7. The average molecular weight is 334 g/mol. The van der Waals surface area contributed by atoms with E-state index in [0.29, 0.717) is 12.5 Å². The van der Waals surface area contributed by atoms with Gasteiger partial charge in [0, 0.05) is 38.2 Å². The van der Waals surface area contributed by atoms with Crippen LogP contribution in [0.1, 0.15) is 38.3 Å². The standard InChI is InChI=1S/C19H30N2O3/c1-14-6-7-16(17(10-14)24-19(2,3)4)11-20-18(22)21(5)12-15-8-9-23-13-15/h6-7,10,15H,8-9,11-13H2,1-5H3,(H,20,22). The van der Waals surface area contributed by atoms with Crippen LogP contribution in [0.4, 0.5) is 4.79 Å². The van der Waals surface area contributed by atoms with Crippen molar-refractivity contribution in [3.05, 3.63) is 29.3 Å². The van der Waals surface area contributed by atoms with E-state index in [0.717, 1.165) is 43.1 Å². The second-order valence-electron chi connectivity index (χ2n) is 7.59. The summed E-state index contributed by atoms with van der Waals surface area (Å²) in [5.41, 5.74) is 1.86. The molecule has 1 aliphatic rings. The van der Waals surface area contributed by atoms with Crippen LogP contribution < -0.4 is 10.1 Å². The van der Waals surface area contributed by atoms with Crippen molar-refractivity contribution in [2.45, 2.75) is 46.3 Å². The minimum absolute atomic E-state index is 0.0656. The second kappa shape index (κ2) is 7.88.